The maximum Gasteiger partial charge on any atom is 0.254 e. The van der Waals surface area contributed by atoms with E-state index in [1.54, 1.807) is 31.3 Å². The van der Waals surface area contributed by atoms with Crippen LogP contribution in [0, 0.1) is 12.7 Å². The number of aryl methyl sites for hydroxylation is 1. The summed E-state index contributed by atoms with van der Waals surface area (Å²) in [5, 5.41) is 10.1. The zero-order valence-electron chi connectivity index (χ0n) is 9.85. The molecule has 0 unspecified atom stereocenters. The van der Waals surface area contributed by atoms with Gasteiger partial charge in [-0.05, 0) is 31.2 Å². The molecule has 5 heteroatoms. The molecule has 0 fully saturated rings. The van der Waals surface area contributed by atoms with Gasteiger partial charge in [0.15, 0.2) is 0 Å². The maximum atomic E-state index is 13.5. The number of hydrogen-bond acceptors (Lipinski definition) is 3. The van der Waals surface area contributed by atoms with Gasteiger partial charge in [-0.3, -0.25) is 4.79 Å². The molecule has 92 valence electrons. The third-order valence-electron chi connectivity index (χ3n) is 2.42. The zero-order valence-corrected chi connectivity index (χ0v) is 9.85. The summed E-state index contributed by atoms with van der Waals surface area (Å²) >= 11 is 0. The van der Waals surface area contributed by atoms with Gasteiger partial charge >= 0.3 is 0 Å². The van der Waals surface area contributed by atoms with Crippen LogP contribution in [0.3, 0.4) is 0 Å². The predicted octanol–water partition coefficient (Wildman–Crippen LogP) is 1.85. The molecule has 0 bridgehead atoms. The fraction of sp³-hybridized carbons (Fsp3) is 0.154. The number of rotatable bonds is 3. The topological polar surface area (TPSA) is 54.9 Å². The van der Waals surface area contributed by atoms with Crippen LogP contribution in [0.25, 0.3) is 0 Å². The van der Waals surface area contributed by atoms with E-state index in [0.29, 0.717) is 5.69 Å². The summed E-state index contributed by atoms with van der Waals surface area (Å²) in [6.45, 7) is 2.03. The van der Waals surface area contributed by atoms with E-state index in [9.17, 15) is 9.18 Å². The second kappa shape index (κ2) is 5.35. The molecule has 1 N–H and O–H groups in total. The predicted molar refractivity (Wildman–Crippen MR) is 64.3 cm³/mol. The van der Waals surface area contributed by atoms with Crippen LogP contribution in [-0.2, 0) is 6.54 Å². The van der Waals surface area contributed by atoms with E-state index in [2.05, 4.69) is 15.5 Å². The summed E-state index contributed by atoms with van der Waals surface area (Å²) in [4.78, 5) is 11.8. The molecule has 0 aliphatic rings. The monoisotopic (exact) mass is 245 g/mol. The van der Waals surface area contributed by atoms with E-state index in [1.165, 1.54) is 12.1 Å². The SMILES string of the molecule is Cc1ccc(F)c(C(=O)NCc2cccnn2)c1. The summed E-state index contributed by atoms with van der Waals surface area (Å²) in [6, 6.07) is 7.88. The van der Waals surface area contributed by atoms with Gasteiger partial charge in [0.05, 0.1) is 17.8 Å². The number of halogens is 1. The van der Waals surface area contributed by atoms with Gasteiger partial charge in [0.25, 0.3) is 5.91 Å². The first-order valence-corrected chi connectivity index (χ1v) is 5.48. The number of carbonyl (C=O) groups is 1. The van der Waals surface area contributed by atoms with Crippen LogP contribution in [0.15, 0.2) is 36.5 Å². The van der Waals surface area contributed by atoms with Crippen molar-refractivity contribution < 1.29 is 9.18 Å². The Kier molecular flexibility index (Phi) is 3.62. The second-order valence-electron chi connectivity index (χ2n) is 3.88. The molecule has 0 aliphatic heterocycles. The molecule has 0 spiro atoms. The van der Waals surface area contributed by atoms with Crippen molar-refractivity contribution in [2.45, 2.75) is 13.5 Å². The molecule has 18 heavy (non-hydrogen) atoms. The van der Waals surface area contributed by atoms with Crippen molar-refractivity contribution in [1.29, 1.82) is 0 Å². The van der Waals surface area contributed by atoms with Crippen molar-refractivity contribution in [3.63, 3.8) is 0 Å². The van der Waals surface area contributed by atoms with Crippen LogP contribution in [0.5, 0.6) is 0 Å². The van der Waals surface area contributed by atoms with Crippen LogP contribution in [-0.4, -0.2) is 16.1 Å². The minimum Gasteiger partial charge on any atom is -0.346 e. The first-order chi connectivity index (χ1) is 8.66. The normalized spacial score (nSPS) is 10.1. The highest BCUT2D eigenvalue weighted by Gasteiger charge is 2.11. The highest BCUT2D eigenvalue weighted by molar-refractivity contribution is 5.94. The lowest BCUT2D eigenvalue weighted by atomic mass is 10.1. The van der Waals surface area contributed by atoms with Crippen molar-refractivity contribution in [1.82, 2.24) is 15.5 Å². The van der Waals surface area contributed by atoms with Gasteiger partial charge in [-0.2, -0.15) is 10.2 Å². The lowest BCUT2D eigenvalue weighted by Gasteiger charge is -2.06. The number of amides is 1. The Morgan fingerprint density at radius 2 is 2.22 bits per heavy atom. The van der Waals surface area contributed by atoms with E-state index >= 15 is 0 Å². The Bertz CT molecular complexity index is 557. The molecular weight excluding hydrogens is 233 g/mol. The lowest BCUT2D eigenvalue weighted by molar-refractivity contribution is 0.0946. The number of aromatic nitrogens is 2. The summed E-state index contributed by atoms with van der Waals surface area (Å²) in [5.74, 6) is -0.987. The quantitative estimate of drug-likeness (QED) is 0.897. The number of benzene rings is 1. The Balaban J connectivity index is 2.06. The van der Waals surface area contributed by atoms with Gasteiger partial charge in [-0.1, -0.05) is 11.6 Å². The smallest absolute Gasteiger partial charge is 0.254 e. The van der Waals surface area contributed by atoms with Gasteiger partial charge in [0.1, 0.15) is 5.82 Å². The van der Waals surface area contributed by atoms with E-state index in [0.717, 1.165) is 5.56 Å². The van der Waals surface area contributed by atoms with Crippen molar-refractivity contribution in [2.75, 3.05) is 0 Å². The molecule has 2 rings (SSSR count). The Labute approximate surface area is 104 Å². The second-order valence-corrected chi connectivity index (χ2v) is 3.88. The molecule has 1 heterocycles. The van der Waals surface area contributed by atoms with Gasteiger partial charge in [-0.15, -0.1) is 0 Å². The largest absolute Gasteiger partial charge is 0.346 e. The average Bonchev–Trinajstić information content (AvgIpc) is 2.40. The molecule has 0 saturated carbocycles. The van der Waals surface area contributed by atoms with Crippen LogP contribution >= 0.6 is 0 Å². The fourth-order valence-corrected chi connectivity index (χ4v) is 1.51. The summed E-state index contributed by atoms with van der Waals surface area (Å²) < 4.78 is 13.5. The van der Waals surface area contributed by atoms with E-state index in [-0.39, 0.29) is 12.1 Å². The molecular formula is C13H12FN3O. The minimum atomic E-state index is -0.530. The summed E-state index contributed by atoms with van der Waals surface area (Å²) in [7, 11) is 0. The minimum absolute atomic E-state index is 0.0406. The van der Waals surface area contributed by atoms with E-state index in [1.807, 2.05) is 0 Å². The number of carbonyl (C=O) groups excluding carboxylic acids is 1. The molecule has 4 nitrogen and oxygen atoms in total. The highest BCUT2D eigenvalue weighted by atomic mass is 19.1. The lowest BCUT2D eigenvalue weighted by Crippen LogP contribution is -2.24. The van der Waals surface area contributed by atoms with E-state index in [4.69, 9.17) is 0 Å². The highest BCUT2D eigenvalue weighted by Crippen LogP contribution is 2.09. The third-order valence-corrected chi connectivity index (χ3v) is 2.42. The van der Waals surface area contributed by atoms with Gasteiger partial charge in [-0.25, -0.2) is 4.39 Å². The summed E-state index contributed by atoms with van der Waals surface area (Å²) in [5.41, 5.74) is 1.50. The fourth-order valence-electron chi connectivity index (χ4n) is 1.51. The van der Waals surface area contributed by atoms with Crippen molar-refractivity contribution in [3.8, 4) is 0 Å². The first-order valence-electron chi connectivity index (χ1n) is 5.48. The molecule has 1 aromatic heterocycles. The molecule has 2 aromatic rings. The van der Waals surface area contributed by atoms with Crippen molar-refractivity contribution >= 4 is 5.91 Å². The average molecular weight is 245 g/mol. The molecule has 0 atom stereocenters. The van der Waals surface area contributed by atoms with Gasteiger partial charge in [0.2, 0.25) is 0 Å². The maximum absolute atomic E-state index is 13.5. The molecule has 1 amide bonds. The molecule has 0 saturated heterocycles. The van der Waals surface area contributed by atoms with Crippen LogP contribution in [0.4, 0.5) is 4.39 Å². The Hall–Kier alpha value is -2.30. The first kappa shape index (κ1) is 12.2. The number of hydrogen-bond donors (Lipinski definition) is 1. The van der Waals surface area contributed by atoms with Crippen LogP contribution in [0.2, 0.25) is 0 Å². The Morgan fingerprint density at radius 1 is 1.39 bits per heavy atom. The van der Waals surface area contributed by atoms with Gasteiger partial charge < -0.3 is 5.32 Å². The standard InChI is InChI=1S/C13H12FN3O/c1-9-4-5-12(14)11(7-9)13(18)15-8-10-3-2-6-16-17-10/h2-7H,8H2,1H3,(H,15,18). The molecule has 1 aromatic carbocycles. The third kappa shape index (κ3) is 2.88. The van der Waals surface area contributed by atoms with Crippen molar-refractivity contribution in [3.05, 3.63) is 59.2 Å². The van der Waals surface area contributed by atoms with Gasteiger partial charge in [0, 0.05) is 6.20 Å². The summed E-state index contributed by atoms with van der Waals surface area (Å²) in [6.07, 6.45) is 1.55. The van der Waals surface area contributed by atoms with Crippen molar-refractivity contribution in [2.24, 2.45) is 0 Å². The molecule has 0 aliphatic carbocycles. The zero-order chi connectivity index (χ0) is 13.0. The molecule has 0 radical (unpaired) electrons. The van der Waals surface area contributed by atoms with Crippen LogP contribution in [0.1, 0.15) is 21.6 Å². The Morgan fingerprint density at radius 3 is 2.94 bits per heavy atom. The van der Waals surface area contributed by atoms with Crippen LogP contribution < -0.4 is 5.32 Å². The number of nitrogens with zero attached hydrogens (tertiary/aromatic N) is 2. The number of nitrogens with one attached hydrogen (secondary N) is 1. The van der Waals surface area contributed by atoms with E-state index < -0.39 is 11.7 Å².